The summed E-state index contributed by atoms with van der Waals surface area (Å²) in [7, 11) is 3.24. The van der Waals surface area contributed by atoms with Gasteiger partial charge in [-0.25, -0.2) is 4.99 Å². The topological polar surface area (TPSA) is 60.8 Å². The number of benzene rings is 1. The van der Waals surface area contributed by atoms with Crippen LogP contribution in [0.3, 0.4) is 0 Å². The lowest BCUT2D eigenvalue weighted by atomic mass is 10.0. The number of fused-ring (bicyclic) bond motifs is 1. The Morgan fingerprint density at radius 3 is 2.83 bits per heavy atom. The number of pyridine rings is 1. The standard InChI is InChI=1S/C19H20N2O3/c1-23-18-6-4-3-5-13(18)7-8-16(22)10-15-9-14-11-21-19(24-2)17(14)12-20-15/h3-6,9,12H,7-8,10-11H2,1-2H3. The minimum Gasteiger partial charge on any atom is -0.496 e. The molecule has 0 saturated heterocycles. The number of methoxy groups -OCH3 is 2. The normalized spacial score (nSPS) is 12.5. The number of rotatable bonds is 6. The van der Waals surface area contributed by atoms with Gasteiger partial charge >= 0.3 is 0 Å². The van der Waals surface area contributed by atoms with Crippen LogP contribution in [0.2, 0.25) is 0 Å². The number of nitrogens with zero attached hydrogens (tertiary/aromatic N) is 2. The van der Waals surface area contributed by atoms with Crippen LogP contribution in [0, 0.1) is 0 Å². The van der Waals surface area contributed by atoms with Crippen LogP contribution < -0.4 is 4.74 Å². The van der Waals surface area contributed by atoms with Crippen LogP contribution in [0.1, 0.15) is 28.8 Å². The van der Waals surface area contributed by atoms with E-state index in [9.17, 15) is 4.79 Å². The van der Waals surface area contributed by atoms with Crippen LogP contribution >= 0.6 is 0 Å². The monoisotopic (exact) mass is 324 g/mol. The molecule has 5 nitrogen and oxygen atoms in total. The van der Waals surface area contributed by atoms with Gasteiger partial charge in [-0.3, -0.25) is 9.78 Å². The molecule has 5 heteroatoms. The third-order valence-electron chi connectivity index (χ3n) is 4.11. The molecule has 0 radical (unpaired) electrons. The zero-order valence-electron chi connectivity index (χ0n) is 13.9. The van der Waals surface area contributed by atoms with E-state index in [1.165, 1.54) is 0 Å². The predicted octanol–water partition coefficient (Wildman–Crippen LogP) is 2.74. The molecule has 1 aromatic heterocycles. The fourth-order valence-corrected chi connectivity index (χ4v) is 2.86. The van der Waals surface area contributed by atoms with Crippen molar-refractivity contribution in [1.29, 1.82) is 0 Å². The van der Waals surface area contributed by atoms with Crippen LogP contribution in [0.25, 0.3) is 0 Å². The van der Waals surface area contributed by atoms with Crippen LogP contribution in [0.4, 0.5) is 0 Å². The van der Waals surface area contributed by atoms with Crippen molar-refractivity contribution in [1.82, 2.24) is 4.98 Å². The van der Waals surface area contributed by atoms with Crippen molar-refractivity contribution in [2.45, 2.75) is 25.8 Å². The summed E-state index contributed by atoms with van der Waals surface area (Å²) in [6, 6.07) is 9.73. The third kappa shape index (κ3) is 3.45. The highest BCUT2D eigenvalue weighted by atomic mass is 16.5. The lowest BCUT2D eigenvalue weighted by Gasteiger charge is -2.08. The lowest BCUT2D eigenvalue weighted by molar-refractivity contribution is -0.118. The molecule has 0 aliphatic carbocycles. The summed E-state index contributed by atoms with van der Waals surface area (Å²) >= 11 is 0. The summed E-state index contributed by atoms with van der Waals surface area (Å²) in [5, 5.41) is 0. The Bertz CT molecular complexity index is 784. The van der Waals surface area contributed by atoms with E-state index in [2.05, 4.69) is 9.98 Å². The first-order chi connectivity index (χ1) is 11.7. The molecule has 2 aromatic rings. The number of aliphatic imine (C=N–C) groups is 1. The summed E-state index contributed by atoms with van der Waals surface area (Å²) in [6.07, 6.45) is 3.22. The molecule has 0 spiro atoms. The van der Waals surface area contributed by atoms with Crippen molar-refractivity contribution in [2.75, 3.05) is 14.2 Å². The number of ether oxygens (including phenoxy) is 2. The van der Waals surface area contributed by atoms with E-state index >= 15 is 0 Å². The molecule has 0 fully saturated rings. The zero-order chi connectivity index (χ0) is 16.9. The summed E-state index contributed by atoms with van der Waals surface area (Å²) in [5.41, 5.74) is 3.82. The first-order valence-corrected chi connectivity index (χ1v) is 7.91. The highest BCUT2D eigenvalue weighted by Gasteiger charge is 2.18. The Hall–Kier alpha value is -2.69. The van der Waals surface area contributed by atoms with Crippen molar-refractivity contribution in [3.63, 3.8) is 0 Å². The number of carbonyl (C=O) groups excluding carboxylic acids is 1. The van der Waals surface area contributed by atoms with Gasteiger partial charge in [-0.2, -0.15) is 0 Å². The molecule has 0 amide bonds. The van der Waals surface area contributed by atoms with Gasteiger partial charge in [-0.15, -0.1) is 0 Å². The molecule has 1 aliphatic rings. The number of hydrogen-bond acceptors (Lipinski definition) is 5. The van der Waals surface area contributed by atoms with Gasteiger partial charge in [0.05, 0.1) is 26.3 Å². The average molecular weight is 324 g/mol. The van der Waals surface area contributed by atoms with Crippen LogP contribution in [0.5, 0.6) is 5.75 Å². The molecular formula is C19H20N2O3. The number of ketones is 1. The van der Waals surface area contributed by atoms with Crippen molar-refractivity contribution >= 4 is 11.7 Å². The average Bonchev–Trinajstić information content (AvgIpc) is 3.02. The first kappa shape index (κ1) is 16.2. The van der Waals surface area contributed by atoms with Gasteiger partial charge in [-0.1, -0.05) is 18.2 Å². The second-order valence-electron chi connectivity index (χ2n) is 5.69. The minimum absolute atomic E-state index is 0.166. The second kappa shape index (κ2) is 7.25. The Kier molecular flexibility index (Phi) is 4.89. The maximum absolute atomic E-state index is 12.3. The van der Waals surface area contributed by atoms with Gasteiger partial charge in [0, 0.05) is 24.7 Å². The predicted molar refractivity (Wildman–Crippen MR) is 91.5 cm³/mol. The van der Waals surface area contributed by atoms with Crippen LogP contribution in [-0.2, 0) is 28.9 Å². The molecule has 0 saturated carbocycles. The minimum atomic E-state index is 0.166. The Balaban J connectivity index is 1.60. The Labute approximate surface area is 141 Å². The van der Waals surface area contributed by atoms with Crippen molar-refractivity contribution in [3.8, 4) is 5.75 Å². The third-order valence-corrected chi connectivity index (χ3v) is 4.11. The molecule has 24 heavy (non-hydrogen) atoms. The SMILES string of the molecule is COC1=NCc2cc(CC(=O)CCc3ccccc3OC)ncc21. The van der Waals surface area contributed by atoms with Gasteiger partial charge in [0.15, 0.2) is 0 Å². The van der Waals surface area contributed by atoms with E-state index in [-0.39, 0.29) is 5.78 Å². The summed E-state index contributed by atoms with van der Waals surface area (Å²) in [4.78, 5) is 20.9. The van der Waals surface area contributed by atoms with Crippen molar-refractivity contribution in [3.05, 3.63) is 58.9 Å². The van der Waals surface area contributed by atoms with Gasteiger partial charge < -0.3 is 9.47 Å². The first-order valence-electron chi connectivity index (χ1n) is 7.91. The molecule has 0 unspecified atom stereocenters. The fraction of sp³-hybridized carbons (Fsp3) is 0.316. The van der Waals surface area contributed by atoms with Crippen LogP contribution in [-0.4, -0.2) is 30.9 Å². The highest BCUT2D eigenvalue weighted by Crippen LogP contribution is 2.21. The maximum Gasteiger partial charge on any atom is 0.218 e. The fourth-order valence-electron chi connectivity index (χ4n) is 2.86. The molecule has 124 valence electrons. The lowest BCUT2D eigenvalue weighted by Crippen LogP contribution is -2.08. The molecule has 3 rings (SSSR count). The highest BCUT2D eigenvalue weighted by molar-refractivity contribution is 5.97. The van der Waals surface area contributed by atoms with E-state index in [0.717, 1.165) is 28.1 Å². The van der Waals surface area contributed by atoms with E-state index in [4.69, 9.17) is 9.47 Å². The summed E-state index contributed by atoms with van der Waals surface area (Å²) < 4.78 is 10.5. The van der Waals surface area contributed by atoms with Gasteiger partial charge in [0.1, 0.15) is 11.5 Å². The number of aryl methyl sites for hydroxylation is 1. The van der Waals surface area contributed by atoms with E-state index in [1.807, 2.05) is 30.3 Å². The molecule has 0 bridgehead atoms. The van der Waals surface area contributed by atoms with Crippen molar-refractivity contribution < 1.29 is 14.3 Å². The van der Waals surface area contributed by atoms with Crippen LogP contribution in [0.15, 0.2) is 41.5 Å². The van der Waals surface area contributed by atoms with Crippen molar-refractivity contribution in [2.24, 2.45) is 4.99 Å². The van der Waals surface area contributed by atoms with E-state index in [1.54, 1.807) is 20.4 Å². The number of para-hydroxylation sites is 1. The quantitative estimate of drug-likeness (QED) is 0.820. The molecule has 1 aliphatic heterocycles. The Morgan fingerprint density at radius 1 is 1.21 bits per heavy atom. The van der Waals surface area contributed by atoms with Gasteiger partial charge in [-0.05, 0) is 29.7 Å². The number of Topliss-reactive ketones (excluding diaryl/α,β-unsaturated/α-hetero) is 1. The van der Waals surface area contributed by atoms with E-state index < -0.39 is 0 Å². The Morgan fingerprint density at radius 2 is 2.04 bits per heavy atom. The number of hydrogen-bond donors (Lipinski definition) is 0. The zero-order valence-corrected chi connectivity index (χ0v) is 13.9. The molecule has 0 atom stereocenters. The maximum atomic E-state index is 12.3. The van der Waals surface area contributed by atoms with E-state index in [0.29, 0.717) is 31.7 Å². The molecule has 2 heterocycles. The number of carbonyl (C=O) groups is 1. The molecule has 0 N–H and O–H groups in total. The van der Waals surface area contributed by atoms with Gasteiger partial charge in [0.2, 0.25) is 5.90 Å². The molecule has 1 aromatic carbocycles. The summed E-state index contributed by atoms with van der Waals surface area (Å²) in [5.74, 6) is 1.61. The largest absolute Gasteiger partial charge is 0.496 e. The number of aromatic nitrogens is 1. The van der Waals surface area contributed by atoms with Gasteiger partial charge in [0.25, 0.3) is 0 Å². The second-order valence-corrected chi connectivity index (χ2v) is 5.69. The smallest absolute Gasteiger partial charge is 0.218 e. The summed E-state index contributed by atoms with van der Waals surface area (Å²) in [6.45, 7) is 0.587. The molecular weight excluding hydrogens is 304 g/mol.